The van der Waals surface area contributed by atoms with E-state index < -0.39 is 11.1 Å². The molecule has 0 saturated heterocycles. The number of carbonyl (C=O) groups excluding carboxylic acids is 1. The summed E-state index contributed by atoms with van der Waals surface area (Å²) in [6.07, 6.45) is 0. The highest BCUT2D eigenvalue weighted by Crippen LogP contribution is 2.30. The molecule has 0 N–H and O–H groups in total. The van der Waals surface area contributed by atoms with Gasteiger partial charge < -0.3 is 0 Å². The van der Waals surface area contributed by atoms with Gasteiger partial charge in [-0.1, -0.05) is 23.7 Å². The second kappa shape index (κ2) is 4.47. The molecular formula is C11H7Cl2FN2O. The van der Waals surface area contributed by atoms with Gasteiger partial charge in [0.1, 0.15) is 17.2 Å². The van der Waals surface area contributed by atoms with Crippen molar-refractivity contribution >= 4 is 28.4 Å². The lowest BCUT2D eigenvalue weighted by Crippen LogP contribution is -2.01. The van der Waals surface area contributed by atoms with E-state index in [9.17, 15) is 9.18 Å². The Morgan fingerprint density at radius 2 is 2.18 bits per heavy atom. The van der Waals surface area contributed by atoms with E-state index in [1.165, 1.54) is 22.9 Å². The van der Waals surface area contributed by atoms with Gasteiger partial charge in [0.2, 0.25) is 0 Å². The molecule has 0 atom stereocenters. The molecule has 1 heterocycles. The van der Waals surface area contributed by atoms with Crippen LogP contribution < -0.4 is 0 Å². The van der Waals surface area contributed by atoms with E-state index in [4.69, 9.17) is 23.2 Å². The molecule has 0 aliphatic rings. The van der Waals surface area contributed by atoms with Gasteiger partial charge in [0.25, 0.3) is 5.24 Å². The van der Waals surface area contributed by atoms with Crippen LogP contribution in [-0.4, -0.2) is 15.0 Å². The van der Waals surface area contributed by atoms with Crippen LogP contribution in [0.15, 0.2) is 24.3 Å². The van der Waals surface area contributed by atoms with Gasteiger partial charge in [-0.05, 0) is 23.7 Å². The first-order valence-electron chi connectivity index (χ1n) is 4.69. The lowest BCUT2D eigenvalue weighted by Gasteiger charge is -1.97. The number of hydrogen-bond donors (Lipinski definition) is 0. The van der Waals surface area contributed by atoms with E-state index in [1.807, 2.05) is 0 Å². The summed E-state index contributed by atoms with van der Waals surface area (Å²) in [5, 5.41) is 3.48. The third-order valence-electron chi connectivity index (χ3n) is 2.27. The standard InChI is InChI=1S/C11H7Cl2FN2O/c1-16-10(11(13)17)8(12)9(15-16)6-3-2-4-7(14)5-6/h2-5H,1H3. The normalized spacial score (nSPS) is 10.6. The van der Waals surface area contributed by atoms with E-state index in [0.717, 1.165) is 0 Å². The van der Waals surface area contributed by atoms with Gasteiger partial charge in [-0.2, -0.15) is 5.10 Å². The molecule has 0 amide bonds. The Hall–Kier alpha value is -1.39. The molecule has 0 aliphatic heterocycles. The molecule has 2 aromatic rings. The lowest BCUT2D eigenvalue weighted by molar-refractivity contribution is 0.107. The molecule has 0 radical (unpaired) electrons. The molecule has 0 aliphatic carbocycles. The molecule has 0 saturated carbocycles. The maximum absolute atomic E-state index is 13.1. The van der Waals surface area contributed by atoms with Crippen molar-refractivity contribution < 1.29 is 9.18 Å². The number of halogens is 3. The molecule has 0 spiro atoms. The number of rotatable bonds is 2. The fourth-order valence-electron chi connectivity index (χ4n) is 1.53. The Morgan fingerprint density at radius 3 is 2.71 bits per heavy atom. The summed E-state index contributed by atoms with van der Waals surface area (Å²) in [7, 11) is 1.55. The van der Waals surface area contributed by atoms with E-state index in [1.54, 1.807) is 13.1 Å². The second-order valence-corrected chi connectivity index (χ2v) is 4.14. The predicted octanol–water partition coefficient (Wildman–Crippen LogP) is 3.26. The van der Waals surface area contributed by atoms with Gasteiger partial charge in [-0.25, -0.2) is 4.39 Å². The average molecular weight is 273 g/mol. The van der Waals surface area contributed by atoms with Crippen LogP contribution in [0.5, 0.6) is 0 Å². The number of carbonyl (C=O) groups is 1. The van der Waals surface area contributed by atoms with Gasteiger partial charge in [0, 0.05) is 12.6 Å². The molecule has 3 nitrogen and oxygen atoms in total. The largest absolute Gasteiger partial charge is 0.274 e. The molecular weight excluding hydrogens is 266 g/mol. The van der Waals surface area contributed by atoms with Crippen LogP contribution in [0.3, 0.4) is 0 Å². The van der Waals surface area contributed by atoms with Crippen molar-refractivity contribution in [1.29, 1.82) is 0 Å². The molecule has 0 fully saturated rings. The van der Waals surface area contributed by atoms with Crippen LogP contribution in [0.1, 0.15) is 10.5 Å². The Labute approximate surface area is 107 Å². The summed E-state index contributed by atoms with van der Waals surface area (Å²) in [6.45, 7) is 0. The first-order valence-corrected chi connectivity index (χ1v) is 5.44. The van der Waals surface area contributed by atoms with Crippen molar-refractivity contribution in [3.05, 3.63) is 40.8 Å². The quantitative estimate of drug-likeness (QED) is 0.787. The highest BCUT2D eigenvalue weighted by atomic mass is 35.5. The monoisotopic (exact) mass is 272 g/mol. The lowest BCUT2D eigenvalue weighted by atomic mass is 10.1. The van der Waals surface area contributed by atoms with E-state index in [2.05, 4.69) is 5.10 Å². The van der Waals surface area contributed by atoms with E-state index in [-0.39, 0.29) is 10.7 Å². The van der Waals surface area contributed by atoms with Crippen molar-refractivity contribution in [3.63, 3.8) is 0 Å². The summed E-state index contributed by atoms with van der Waals surface area (Å²) >= 11 is 11.4. The minimum atomic E-state index is -0.701. The average Bonchev–Trinajstić information content (AvgIpc) is 2.54. The number of aromatic nitrogens is 2. The highest BCUT2D eigenvalue weighted by molar-refractivity contribution is 6.68. The molecule has 1 aromatic carbocycles. The fourth-order valence-corrected chi connectivity index (χ4v) is 2.15. The van der Waals surface area contributed by atoms with Crippen LogP contribution in [0.4, 0.5) is 4.39 Å². The Bertz CT molecular complexity index is 595. The number of nitrogens with zero attached hydrogens (tertiary/aromatic N) is 2. The van der Waals surface area contributed by atoms with Crippen molar-refractivity contribution in [3.8, 4) is 11.3 Å². The van der Waals surface area contributed by atoms with Crippen LogP contribution in [0, 0.1) is 5.82 Å². The Morgan fingerprint density at radius 1 is 1.47 bits per heavy atom. The molecule has 1 aromatic heterocycles. The van der Waals surface area contributed by atoms with Crippen LogP contribution in [-0.2, 0) is 7.05 Å². The topological polar surface area (TPSA) is 34.9 Å². The zero-order valence-corrected chi connectivity index (χ0v) is 10.3. The summed E-state index contributed by atoms with van der Waals surface area (Å²) in [5.74, 6) is -0.400. The number of aryl methyl sites for hydroxylation is 1. The van der Waals surface area contributed by atoms with E-state index in [0.29, 0.717) is 11.3 Å². The van der Waals surface area contributed by atoms with E-state index >= 15 is 0 Å². The third kappa shape index (κ3) is 2.18. The van der Waals surface area contributed by atoms with Gasteiger partial charge in [-0.3, -0.25) is 9.48 Å². The summed E-state index contributed by atoms with van der Waals surface area (Å²) in [6, 6.07) is 5.79. The molecule has 17 heavy (non-hydrogen) atoms. The smallest absolute Gasteiger partial charge is 0.272 e. The van der Waals surface area contributed by atoms with Crippen molar-refractivity contribution in [2.24, 2.45) is 7.05 Å². The minimum absolute atomic E-state index is 0.0904. The first-order chi connectivity index (χ1) is 8.00. The first kappa shape index (κ1) is 12.1. The van der Waals surface area contributed by atoms with Gasteiger partial charge in [0.05, 0.1) is 5.02 Å². The van der Waals surface area contributed by atoms with Crippen LogP contribution in [0.2, 0.25) is 5.02 Å². The number of hydrogen-bond acceptors (Lipinski definition) is 2. The number of benzene rings is 1. The van der Waals surface area contributed by atoms with Crippen LogP contribution in [0.25, 0.3) is 11.3 Å². The second-order valence-electron chi connectivity index (χ2n) is 3.42. The zero-order chi connectivity index (χ0) is 12.6. The third-order valence-corrected chi connectivity index (χ3v) is 2.81. The Kier molecular flexibility index (Phi) is 3.17. The van der Waals surface area contributed by atoms with Gasteiger partial charge in [-0.15, -0.1) is 0 Å². The summed E-state index contributed by atoms with van der Waals surface area (Å²) in [4.78, 5) is 11.1. The minimum Gasteiger partial charge on any atom is -0.274 e. The van der Waals surface area contributed by atoms with Crippen molar-refractivity contribution in [1.82, 2.24) is 9.78 Å². The molecule has 0 bridgehead atoms. The van der Waals surface area contributed by atoms with Crippen molar-refractivity contribution in [2.45, 2.75) is 0 Å². The maximum atomic E-state index is 13.1. The maximum Gasteiger partial charge on any atom is 0.272 e. The SMILES string of the molecule is Cn1nc(-c2cccc(F)c2)c(Cl)c1C(=O)Cl. The molecule has 0 unspecified atom stereocenters. The van der Waals surface area contributed by atoms with Crippen LogP contribution >= 0.6 is 23.2 Å². The van der Waals surface area contributed by atoms with Gasteiger partial charge >= 0.3 is 0 Å². The highest BCUT2D eigenvalue weighted by Gasteiger charge is 2.20. The van der Waals surface area contributed by atoms with Gasteiger partial charge in [0.15, 0.2) is 0 Å². The fraction of sp³-hybridized carbons (Fsp3) is 0.0909. The molecule has 6 heteroatoms. The Balaban J connectivity index is 2.62. The molecule has 88 valence electrons. The van der Waals surface area contributed by atoms with Crippen molar-refractivity contribution in [2.75, 3.05) is 0 Å². The predicted molar refractivity (Wildman–Crippen MR) is 63.8 cm³/mol. The zero-order valence-electron chi connectivity index (χ0n) is 8.75. The summed E-state index contributed by atoms with van der Waals surface area (Å²) in [5.41, 5.74) is 0.917. The molecule has 2 rings (SSSR count). The summed E-state index contributed by atoms with van der Waals surface area (Å²) < 4.78 is 14.4.